The Morgan fingerprint density at radius 2 is 1.88 bits per heavy atom. The summed E-state index contributed by atoms with van der Waals surface area (Å²) in [5.74, 6) is 0.742. The Labute approximate surface area is 150 Å². The van der Waals surface area contributed by atoms with E-state index in [-0.39, 0.29) is 11.8 Å². The molecular weight excluding hydrogens is 368 g/mol. The van der Waals surface area contributed by atoms with Gasteiger partial charge in [-0.1, -0.05) is 15.9 Å². The number of nitrogens with one attached hydrogen (secondary N) is 1. The van der Waals surface area contributed by atoms with Gasteiger partial charge >= 0.3 is 0 Å². The maximum atomic E-state index is 12.6. The van der Waals surface area contributed by atoms with Crippen molar-refractivity contribution in [1.82, 2.24) is 9.97 Å². The second kappa shape index (κ2) is 7.30. The maximum absolute atomic E-state index is 12.6. The second-order valence-corrected chi connectivity index (χ2v) is 7.15. The highest BCUT2D eigenvalue weighted by molar-refractivity contribution is 9.10. The lowest BCUT2D eigenvalue weighted by molar-refractivity contribution is -0.120. The molecule has 0 saturated carbocycles. The number of amides is 1. The van der Waals surface area contributed by atoms with E-state index in [0.717, 1.165) is 46.9 Å². The van der Waals surface area contributed by atoms with E-state index in [0.29, 0.717) is 6.54 Å². The number of hydrogen-bond donors (Lipinski definition) is 1. The first-order valence-electron chi connectivity index (χ1n) is 8.15. The Balaban J connectivity index is 1.68. The number of rotatable bonds is 3. The molecule has 0 aliphatic carbocycles. The van der Waals surface area contributed by atoms with Gasteiger partial charge in [-0.3, -0.25) is 4.79 Å². The van der Waals surface area contributed by atoms with E-state index in [1.165, 1.54) is 0 Å². The fourth-order valence-electron chi connectivity index (χ4n) is 3.00. The van der Waals surface area contributed by atoms with E-state index in [2.05, 4.69) is 36.1 Å². The number of hydrogen-bond acceptors (Lipinski definition) is 4. The van der Waals surface area contributed by atoms with Crippen LogP contribution in [-0.4, -0.2) is 29.0 Å². The number of aromatic nitrogens is 2. The number of piperidine rings is 1. The molecule has 2 aromatic rings. The van der Waals surface area contributed by atoms with Gasteiger partial charge in [0.15, 0.2) is 0 Å². The molecule has 1 fully saturated rings. The Hall–Kier alpha value is -1.95. The van der Waals surface area contributed by atoms with Crippen molar-refractivity contribution >= 4 is 33.5 Å². The molecule has 0 radical (unpaired) electrons. The predicted molar refractivity (Wildman–Crippen MR) is 99.2 cm³/mol. The summed E-state index contributed by atoms with van der Waals surface area (Å²) in [6.07, 6.45) is 1.86. The van der Waals surface area contributed by atoms with Crippen molar-refractivity contribution < 1.29 is 4.79 Å². The van der Waals surface area contributed by atoms with E-state index in [9.17, 15) is 4.79 Å². The van der Waals surface area contributed by atoms with Crippen LogP contribution in [0.25, 0.3) is 0 Å². The lowest BCUT2D eigenvalue weighted by Gasteiger charge is -2.32. The summed E-state index contributed by atoms with van der Waals surface area (Å²) in [7, 11) is 0. The quantitative estimate of drug-likeness (QED) is 0.870. The molecule has 1 unspecified atom stereocenters. The van der Waals surface area contributed by atoms with E-state index in [1.807, 2.05) is 44.2 Å². The first kappa shape index (κ1) is 16.9. The van der Waals surface area contributed by atoms with Crippen molar-refractivity contribution in [2.45, 2.75) is 26.7 Å². The molecule has 24 heavy (non-hydrogen) atoms. The van der Waals surface area contributed by atoms with Crippen molar-refractivity contribution in [3.8, 4) is 0 Å². The minimum Gasteiger partial charge on any atom is -0.340 e. The first-order chi connectivity index (χ1) is 11.5. The van der Waals surface area contributed by atoms with Gasteiger partial charge in [0.2, 0.25) is 11.9 Å². The Morgan fingerprint density at radius 1 is 1.21 bits per heavy atom. The van der Waals surface area contributed by atoms with Crippen LogP contribution in [0.5, 0.6) is 0 Å². The van der Waals surface area contributed by atoms with Crippen LogP contribution in [0.4, 0.5) is 11.6 Å². The third-order valence-corrected chi connectivity index (χ3v) is 4.69. The van der Waals surface area contributed by atoms with Gasteiger partial charge in [-0.2, -0.15) is 0 Å². The average Bonchev–Trinajstić information content (AvgIpc) is 2.56. The van der Waals surface area contributed by atoms with E-state index in [1.54, 1.807) is 0 Å². The van der Waals surface area contributed by atoms with Crippen LogP contribution >= 0.6 is 15.9 Å². The summed E-state index contributed by atoms with van der Waals surface area (Å²) in [5.41, 5.74) is 2.74. The standard InChI is InChI=1S/C18H21BrN4O/c1-12-10-13(2)21-18(20-12)23-9-3-4-14(11-23)17(24)22-16-7-5-15(19)6-8-16/h5-8,10,14H,3-4,9,11H2,1-2H3,(H,22,24). The molecule has 1 aliphatic rings. The van der Waals surface area contributed by atoms with Gasteiger partial charge < -0.3 is 10.2 Å². The molecule has 5 nitrogen and oxygen atoms in total. The normalized spacial score (nSPS) is 17.6. The Bertz CT molecular complexity index is 712. The molecule has 1 saturated heterocycles. The van der Waals surface area contributed by atoms with Crippen LogP contribution in [0.3, 0.4) is 0 Å². The fourth-order valence-corrected chi connectivity index (χ4v) is 3.26. The number of anilines is 2. The highest BCUT2D eigenvalue weighted by Crippen LogP contribution is 2.23. The lowest BCUT2D eigenvalue weighted by atomic mass is 9.97. The molecule has 1 aromatic carbocycles. The molecule has 1 aliphatic heterocycles. The Kier molecular flexibility index (Phi) is 5.14. The van der Waals surface area contributed by atoms with E-state index < -0.39 is 0 Å². The number of benzene rings is 1. The largest absolute Gasteiger partial charge is 0.340 e. The number of aryl methyl sites for hydroxylation is 2. The van der Waals surface area contributed by atoms with Crippen molar-refractivity contribution in [3.63, 3.8) is 0 Å². The fraction of sp³-hybridized carbons (Fsp3) is 0.389. The zero-order chi connectivity index (χ0) is 17.1. The summed E-state index contributed by atoms with van der Waals surface area (Å²) in [6, 6.07) is 9.61. The average molecular weight is 389 g/mol. The van der Waals surface area contributed by atoms with Gasteiger partial charge in [0.05, 0.1) is 5.92 Å². The Morgan fingerprint density at radius 3 is 2.54 bits per heavy atom. The molecule has 126 valence electrons. The molecule has 1 aromatic heterocycles. The van der Waals surface area contributed by atoms with Gasteiger partial charge in [-0.05, 0) is 57.0 Å². The van der Waals surface area contributed by atoms with Crippen LogP contribution in [0.1, 0.15) is 24.2 Å². The highest BCUT2D eigenvalue weighted by atomic mass is 79.9. The third kappa shape index (κ3) is 4.12. The van der Waals surface area contributed by atoms with Crippen molar-refractivity contribution in [2.24, 2.45) is 5.92 Å². The van der Waals surface area contributed by atoms with Gasteiger partial charge in [-0.25, -0.2) is 9.97 Å². The summed E-state index contributed by atoms with van der Waals surface area (Å²) < 4.78 is 0.997. The number of halogens is 1. The van der Waals surface area contributed by atoms with Crippen LogP contribution in [0.15, 0.2) is 34.8 Å². The molecule has 0 bridgehead atoms. The van der Waals surface area contributed by atoms with Gasteiger partial charge in [-0.15, -0.1) is 0 Å². The van der Waals surface area contributed by atoms with Crippen molar-refractivity contribution in [3.05, 3.63) is 46.2 Å². The third-order valence-electron chi connectivity index (χ3n) is 4.16. The molecule has 1 atom stereocenters. The zero-order valence-electron chi connectivity index (χ0n) is 13.9. The summed E-state index contributed by atoms with van der Waals surface area (Å²) in [4.78, 5) is 23.7. The van der Waals surface area contributed by atoms with Gasteiger partial charge in [0.1, 0.15) is 0 Å². The first-order valence-corrected chi connectivity index (χ1v) is 8.94. The molecule has 1 amide bonds. The molecule has 3 rings (SSSR count). The van der Waals surface area contributed by atoms with Crippen molar-refractivity contribution in [1.29, 1.82) is 0 Å². The number of nitrogens with zero attached hydrogens (tertiary/aromatic N) is 3. The topological polar surface area (TPSA) is 58.1 Å². The molecule has 1 N–H and O–H groups in total. The molecule has 0 spiro atoms. The van der Waals surface area contributed by atoms with Gasteiger partial charge in [0.25, 0.3) is 0 Å². The molecule has 6 heteroatoms. The van der Waals surface area contributed by atoms with Crippen LogP contribution in [0.2, 0.25) is 0 Å². The summed E-state index contributed by atoms with van der Waals surface area (Å²) >= 11 is 3.40. The predicted octanol–water partition coefficient (Wildman–Crippen LogP) is 3.71. The summed E-state index contributed by atoms with van der Waals surface area (Å²) in [6.45, 7) is 5.50. The van der Waals surface area contributed by atoms with Gasteiger partial charge in [0, 0.05) is 34.6 Å². The number of carbonyl (C=O) groups excluding carboxylic acids is 1. The van der Waals surface area contributed by atoms with Crippen LogP contribution in [0, 0.1) is 19.8 Å². The van der Waals surface area contributed by atoms with Crippen LogP contribution < -0.4 is 10.2 Å². The minimum absolute atomic E-state index is 0.0492. The maximum Gasteiger partial charge on any atom is 0.229 e. The van der Waals surface area contributed by atoms with Crippen LogP contribution in [-0.2, 0) is 4.79 Å². The smallest absolute Gasteiger partial charge is 0.229 e. The highest BCUT2D eigenvalue weighted by Gasteiger charge is 2.27. The molecular formula is C18H21BrN4O. The SMILES string of the molecule is Cc1cc(C)nc(N2CCCC(C(=O)Nc3ccc(Br)cc3)C2)n1. The van der Waals surface area contributed by atoms with E-state index in [4.69, 9.17) is 0 Å². The monoisotopic (exact) mass is 388 g/mol. The van der Waals surface area contributed by atoms with Crippen molar-refractivity contribution in [2.75, 3.05) is 23.3 Å². The molecule has 2 heterocycles. The minimum atomic E-state index is -0.0492. The second-order valence-electron chi connectivity index (χ2n) is 6.23. The summed E-state index contributed by atoms with van der Waals surface area (Å²) in [5, 5.41) is 3.01. The number of carbonyl (C=O) groups is 1. The zero-order valence-corrected chi connectivity index (χ0v) is 15.5. The van der Waals surface area contributed by atoms with E-state index >= 15 is 0 Å². The lowest BCUT2D eigenvalue weighted by Crippen LogP contribution is -2.41.